The Morgan fingerprint density at radius 2 is 1.85 bits per heavy atom. The summed E-state index contributed by atoms with van der Waals surface area (Å²) in [6, 6.07) is 10.2. The first-order valence-electron chi connectivity index (χ1n) is 4.53. The van der Waals surface area contributed by atoms with Crippen molar-refractivity contribution in [1.29, 1.82) is 0 Å². The van der Waals surface area contributed by atoms with Crippen LogP contribution in [0.25, 0.3) is 0 Å². The summed E-state index contributed by atoms with van der Waals surface area (Å²) < 4.78 is 0. The lowest BCUT2D eigenvalue weighted by Gasteiger charge is -2.15. The maximum absolute atomic E-state index is 4.44. The quantitative estimate of drug-likeness (QED) is 0.497. The highest BCUT2D eigenvalue weighted by molar-refractivity contribution is 5.98. The predicted octanol–water partition coefficient (Wildman–Crippen LogP) is 2.01. The van der Waals surface area contributed by atoms with Gasteiger partial charge in [0.1, 0.15) is 5.84 Å². The molecule has 13 heavy (non-hydrogen) atoms. The molecule has 0 atom stereocenters. The third-order valence-corrected chi connectivity index (χ3v) is 1.76. The Morgan fingerprint density at radius 1 is 1.23 bits per heavy atom. The number of aliphatic imine (C=N–C) groups is 1. The standard InChI is InChI=1S/C11H16N2/c1-4-12-11(13(2)3)10-8-6-5-7-9-10/h5-9H,4H2,1-3H3/b12-11+. The number of rotatable bonds is 2. The molecule has 0 aliphatic carbocycles. The first-order valence-corrected chi connectivity index (χ1v) is 4.53. The lowest BCUT2D eigenvalue weighted by molar-refractivity contribution is 0.620. The molecule has 2 heteroatoms. The van der Waals surface area contributed by atoms with E-state index in [1.165, 1.54) is 5.56 Å². The molecule has 0 heterocycles. The van der Waals surface area contributed by atoms with Crippen LogP contribution in [0, 0.1) is 0 Å². The summed E-state index contributed by atoms with van der Waals surface area (Å²) in [6.45, 7) is 2.87. The minimum Gasteiger partial charge on any atom is -0.363 e. The molecule has 0 aliphatic heterocycles. The smallest absolute Gasteiger partial charge is 0.130 e. The van der Waals surface area contributed by atoms with Crippen LogP contribution in [0.2, 0.25) is 0 Å². The van der Waals surface area contributed by atoms with Crippen LogP contribution in [0.15, 0.2) is 35.3 Å². The predicted molar refractivity (Wildman–Crippen MR) is 57.2 cm³/mol. The number of amidine groups is 1. The second kappa shape index (κ2) is 4.65. The van der Waals surface area contributed by atoms with E-state index in [0.29, 0.717) is 0 Å². The van der Waals surface area contributed by atoms with Gasteiger partial charge < -0.3 is 4.90 Å². The summed E-state index contributed by atoms with van der Waals surface area (Å²) in [5, 5.41) is 0. The van der Waals surface area contributed by atoms with E-state index < -0.39 is 0 Å². The largest absolute Gasteiger partial charge is 0.363 e. The lowest BCUT2D eigenvalue weighted by Crippen LogP contribution is -2.23. The fourth-order valence-corrected chi connectivity index (χ4v) is 1.23. The zero-order valence-electron chi connectivity index (χ0n) is 8.49. The molecule has 0 fully saturated rings. The Morgan fingerprint density at radius 3 is 2.31 bits per heavy atom. The zero-order valence-corrected chi connectivity index (χ0v) is 8.49. The van der Waals surface area contributed by atoms with Crippen molar-refractivity contribution in [2.24, 2.45) is 4.99 Å². The van der Waals surface area contributed by atoms with E-state index in [4.69, 9.17) is 0 Å². The molecule has 0 amide bonds. The van der Waals surface area contributed by atoms with Crippen LogP contribution in [-0.4, -0.2) is 31.4 Å². The summed E-state index contributed by atoms with van der Waals surface area (Å²) in [5.74, 6) is 1.04. The maximum atomic E-state index is 4.44. The summed E-state index contributed by atoms with van der Waals surface area (Å²) >= 11 is 0. The Bertz CT molecular complexity index is 275. The highest BCUT2D eigenvalue weighted by atomic mass is 15.1. The number of hydrogen-bond acceptors (Lipinski definition) is 1. The van der Waals surface area contributed by atoms with Crippen LogP contribution in [-0.2, 0) is 0 Å². The average molecular weight is 176 g/mol. The summed E-state index contributed by atoms with van der Waals surface area (Å²) in [5.41, 5.74) is 1.18. The first kappa shape index (κ1) is 9.78. The molecule has 0 unspecified atom stereocenters. The molecule has 2 nitrogen and oxygen atoms in total. The molecular weight excluding hydrogens is 160 g/mol. The Labute approximate surface area is 79.9 Å². The molecule has 1 aromatic rings. The number of benzene rings is 1. The van der Waals surface area contributed by atoms with E-state index >= 15 is 0 Å². The van der Waals surface area contributed by atoms with Gasteiger partial charge in [-0.15, -0.1) is 0 Å². The normalized spacial score (nSPS) is 11.5. The third kappa shape index (κ3) is 2.58. The van der Waals surface area contributed by atoms with Crippen LogP contribution in [0.5, 0.6) is 0 Å². The average Bonchev–Trinajstić information content (AvgIpc) is 2.15. The van der Waals surface area contributed by atoms with E-state index in [2.05, 4.69) is 17.1 Å². The van der Waals surface area contributed by atoms with Crippen LogP contribution in [0.3, 0.4) is 0 Å². The van der Waals surface area contributed by atoms with Crippen molar-refractivity contribution in [2.45, 2.75) is 6.92 Å². The molecule has 0 radical (unpaired) electrons. The highest BCUT2D eigenvalue weighted by Crippen LogP contribution is 2.02. The summed E-state index contributed by atoms with van der Waals surface area (Å²) in [4.78, 5) is 6.48. The van der Waals surface area contributed by atoms with Crippen molar-refractivity contribution >= 4 is 5.84 Å². The van der Waals surface area contributed by atoms with Gasteiger partial charge >= 0.3 is 0 Å². The zero-order chi connectivity index (χ0) is 9.68. The minimum absolute atomic E-state index is 0.822. The minimum atomic E-state index is 0.822. The second-order valence-electron chi connectivity index (χ2n) is 3.06. The lowest BCUT2D eigenvalue weighted by atomic mass is 10.2. The van der Waals surface area contributed by atoms with Gasteiger partial charge in [0.25, 0.3) is 0 Å². The van der Waals surface area contributed by atoms with Crippen molar-refractivity contribution in [3.05, 3.63) is 35.9 Å². The van der Waals surface area contributed by atoms with Crippen molar-refractivity contribution in [2.75, 3.05) is 20.6 Å². The fraction of sp³-hybridized carbons (Fsp3) is 0.364. The third-order valence-electron chi connectivity index (χ3n) is 1.76. The Kier molecular flexibility index (Phi) is 3.50. The van der Waals surface area contributed by atoms with Crippen LogP contribution in [0.1, 0.15) is 12.5 Å². The molecule has 0 aromatic heterocycles. The summed E-state index contributed by atoms with van der Waals surface area (Å²) in [6.07, 6.45) is 0. The Hall–Kier alpha value is -1.31. The van der Waals surface area contributed by atoms with E-state index in [0.717, 1.165) is 12.4 Å². The highest BCUT2D eigenvalue weighted by Gasteiger charge is 2.02. The molecule has 1 aromatic carbocycles. The summed E-state index contributed by atoms with van der Waals surface area (Å²) in [7, 11) is 4.03. The van der Waals surface area contributed by atoms with Gasteiger partial charge in [-0.05, 0) is 6.92 Å². The first-order chi connectivity index (χ1) is 6.25. The van der Waals surface area contributed by atoms with E-state index in [9.17, 15) is 0 Å². The van der Waals surface area contributed by atoms with Gasteiger partial charge in [0.05, 0.1) is 0 Å². The van der Waals surface area contributed by atoms with E-state index in [-0.39, 0.29) is 0 Å². The molecule has 0 aliphatic rings. The van der Waals surface area contributed by atoms with Gasteiger partial charge in [-0.1, -0.05) is 30.3 Å². The number of nitrogens with zero attached hydrogens (tertiary/aromatic N) is 2. The maximum Gasteiger partial charge on any atom is 0.130 e. The van der Waals surface area contributed by atoms with Crippen molar-refractivity contribution < 1.29 is 0 Å². The van der Waals surface area contributed by atoms with Crippen molar-refractivity contribution in [3.8, 4) is 0 Å². The SMILES string of the molecule is CC/N=C(\c1ccccc1)N(C)C. The van der Waals surface area contributed by atoms with Gasteiger partial charge in [0.2, 0.25) is 0 Å². The molecule has 0 saturated carbocycles. The van der Waals surface area contributed by atoms with Gasteiger partial charge in [0, 0.05) is 26.2 Å². The van der Waals surface area contributed by atoms with Gasteiger partial charge in [-0.3, -0.25) is 4.99 Å². The molecule has 0 bridgehead atoms. The van der Waals surface area contributed by atoms with Crippen LogP contribution >= 0.6 is 0 Å². The molecule has 0 spiro atoms. The van der Waals surface area contributed by atoms with Crippen LogP contribution in [0.4, 0.5) is 0 Å². The van der Waals surface area contributed by atoms with Crippen molar-refractivity contribution in [3.63, 3.8) is 0 Å². The second-order valence-corrected chi connectivity index (χ2v) is 3.06. The van der Waals surface area contributed by atoms with Gasteiger partial charge in [-0.2, -0.15) is 0 Å². The van der Waals surface area contributed by atoms with Gasteiger partial charge in [0.15, 0.2) is 0 Å². The monoisotopic (exact) mass is 176 g/mol. The van der Waals surface area contributed by atoms with Gasteiger partial charge in [-0.25, -0.2) is 0 Å². The van der Waals surface area contributed by atoms with Crippen LogP contribution < -0.4 is 0 Å². The fourth-order valence-electron chi connectivity index (χ4n) is 1.23. The van der Waals surface area contributed by atoms with Crippen molar-refractivity contribution in [1.82, 2.24) is 4.90 Å². The molecule has 0 saturated heterocycles. The van der Waals surface area contributed by atoms with E-state index in [1.807, 2.05) is 44.1 Å². The number of hydrogen-bond donors (Lipinski definition) is 0. The topological polar surface area (TPSA) is 15.6 Å². The molecule has 70 valence electrons. The molecular formula is C11H16N2. The van der Waals surface area contributed by atoms with E-state index in [1.54, 1.807) is 0 Å². The Balaban J connectivity index is 2.96. The molecule has 0 N–H and O–H groups in total. The molecule has 1 rings (SSSR count).